The molecule has 4 rings (SSSR count). The molecule has 0 aromatic carbocycles. The number of aliphatic hydroxyl groups is 1. The Morgan fingerprint density at radius 2 is 1.97 bits per heavy atom. The summed E-state index contributed by atoms with van der Waals surface area (Å²) in [7, 11) is -1.19. The van der Waals surface area contributed by atoms with E-state index in [1.54, 1.807) is 6.07 Å². The van der Waals surface area contributed by atoms with Crippen molar-refractivity contribution in [1.82, 2.24) is 9.55 Å². The molecule has 2 aliphatic rings. The second-order valence-electron chi connectivity index (χ2n) is 8.74. The van der Waals surface area contributed by atoms with E-state index in [9.17, 15) is 5.11 Å². The molecule has 0 saturated carbocycles. The van der Waals surface area contributed by atoms with Gasteiger partial charge in [0.25, 0.3) is 0 Å². The van der Waals surface area contributed by atoms with E-state index < -0.39 is 14.2 Å². The minimum atomic E-state index is -1.19. The van der Waals surface area contributed by atoms with Gasteiger partial charge in [-0.25, -0.2) is 4.98 Å². The highest BCUT2D eigenvalue weighted by Crippen LogP contribution is 2.34. The number of aromatic nitrogens is 2. The van der Waals surface area contributed by atoms with E-state index in [4.69, 9.17) is 42.1 Å². The van der Waals surface area contributed by atoms with Gasteiger partial charge in [-0.3, -0.25) is 4.57 Å². The molecule has 1 N–H and O–H groups in total. The van der Waals surface area contributed by atoms with Crippen LogP contribution in [0.2, 0.25) is 35.9 Å². The Hall–Kier alpha value is -0.873. The summed E-state index contributed by atoms with van der Waals surface area (Å²) in [5.74, 6) is 0.582. The predicted octanol–water partition coefficient (Wildman–Crippen LogP) is 3.56. The standard InChI is InChI=1S/C19H26Cl2N2O5Si/c1-29(2,3)5-4-25-10-23-13-6-11(20)19(21)22-12(13)7-16(23)28-15-9-27-17-14(24)8-26-18(15)17/h6-7,14-15,17-18,24H,4-5,8-10H2,1-3H3/t14-,15-,17-,18-/m1/s1. The third kappa shape index (κ3) is 4.58. The maximum absolute atomic E-state index is 9.96. The van der Waals surface area contributed by atoms with Gasteiger partial charge in [0.2, 0.25) is 0 Å². The van der Waals surface area contributed by atoms with Crippen molar-refractivity contribution in [2.45, 2.75) is 56.8 Å². The summed E-state index contributed by atoms with van der Waals surface area (Å²) < 4.78 is 25.4. The van der Waals surface area contributed by atoms with Crippen molar-refractivity contribution in [3.8, 4) is 5.88 Å². The topological polar surface area (TPSA) is 75.0 Å². The van der Waals surface area contributed by atoms with Gasteiger partial charge in [0.1, 0.15) is 30.2 Å². The van der Waals surface area contributed by atoms with Gasteiger partial charge in [0, 0.05) is 20.7 Å². The highest BCUT2D eigenvalue weighted by molar-refractivity contribution is 6.76. The molecular formula is C19H26Cl2N2O5Si. The normalized spacial score (nSPS) is 27.0. The summed E-state index contributed by atoms with van der Waals surface area (Å²) in [6.45, 7) is 8.53. The second kappa shape index (κ2) is 8.34. The first kappa shape index (κ1) is 21.4. The number of hydrogen-bond acceptors (Lipinski definition) is 6. The minimum absolute atomic E-state index is 0.244. The number of ether oxygens (including phenoxy) is 4. The molecule has 0 bridgehead atoms. The fraction of sp³-hybridized carbons (Fsp3) is 0.632. The van der Waals surface area contributed by atoms with Crippen LogP contribution in [-0.2, 0) is 20.9 Å². The van der Waals surface area contributed by atoms with E-state index >= 15 is 0 Å². The highest BCUT2D eigenvalue weighted by atomic mass is 35.5. The van der Waals surface area contributed by atoms with Gasteiger partial charge in [-0.1, -0.05) is 42.8 Å². The Balaban J connectivity index is 1.57. The summed E-state index contributed by atoms with van der Waals surface area (Å²) in [5.41, 5.74) is 1.45. The summed E-state index contributed by atoms with van der Waals surface area (Å²) in [6.07, 6.45) is -1.60. The molecule has 160 valence electrons. The quantitative estimate of drug-likeness (QED) is 0.386. The Morgan fingerprint density at radius 3 is 2.72 bits per heavy atom. The van der Waals surface area contributed by atoms with Crippen molar-refractivity contribution in [1.29, 1.82) is 0 Å². The Bertz CT molecular complexity index is 888. The van der Waals surface area contributed by atoms with Crippen molar-refractivity contribution in [3.63, 3.8) is 0 Å². The average molecular weight is 461 g/mol. The van der Waals surface area contributed by atoms with E-state index in [1.165, 1.54) is 0 Å². The van der Waals surface area contributed by atoms with Crippen LogP contribution in [0.5, 0.6) is 5.88 Å². The number of halogens is 2. The minimum Gasteiger partial charge on any atom is -0.470 e. The van der Waals surface area contributed by atoms with Crippen molar-refractivity contribution in [2.24, 2.45) is 0 Å². The number of rotatable bonds is 7. The van der Waals surface area contributed by atoms with E-state index in [-0.39, 0.29) is 30.1 Å². The molecular weight excluding hydrogens is 435 g/mol. The molecule has 0 unspecified atom stereocenters. The van der Waals surface area contributed by atoms with Crippen molar-refractivity contribution >= 4 is 42.3 Å². The molecule has 2 aromatic heterocycles. The van der Waals surface area contributed by atoms with Gasteiger partial charge in [0.15, 0.2) is 12.0 Å². The molecule has 4 atom stereocenters. The van der Waals surface area contributed by atoms with Crippen LogP contribution in [0.25, 0.3) is 11.0 Å². The molecule has 2 saturated heterocycles. The number of nitrogens with zero attached hydrogens (tertiary/aromatic N) is 2. The molecule has 0 radical (unpaired) electrons. The molecule has 2 aliphatic heterocycles. The van der Waals surface area contributed by atoms with Gasteiger partial charge in [-0.15, -0.1) is 0 Å². The van der Waals surface area contributed by atoms with Crippen LogP contribution in [-0.4, -0.2) is 67.0 Å². The van der Waals surface area contributed by atoms with Crippen LogP contribution in [0.3, 0.4) is 0 Å². The van der Waals surface area contributed by atoms with Gasteiger partial charge in [-0.2, -0.15) is 0 Å². The zero-order valence-electron chi connectivity index (χ0n) is 16.7. The molecule has 0 spiro atoms. The van der Waals surface area contributed by atoms with Gasteiger partial charge >= 0.3 is 0 Å². The van der Waals surface area contributed by atoms with E-state index in [1.807, 2.05) is 10.6 Å². The number of aliphatic hydroxyl groups excluding tert-OH is 1. The largest absolute Gasteiger partial charge is 0.470 e. The second-order valence-corrected chi connectivity index (χ2v) is 15.1. The summed E-state index contributed by atoms with van der Waals surface area (Å²) in [5, 5.41) is 10.6. The highest BCUT2D eigenvalue weighted by Gasteiger charge is 2.48. The molecule has 10 heteroatoms. The van der Waals surface area contributed by atoms with Crippen LogP contribution in [0.15, 0.2) is 12.1 Å². The lowest BCUT2D eigenvalue weighted by molar-refractivity contribution is 0.00479. The van der Waals surface area contributed by atoms with E-state index in [0.717, 1.165) is 11.6 Å². The van der Waals surface area contributed by atoms with Crippen molar-refractivity contribution in [2.75, 3.05) is 19.8 Å². The maximum Gasteiger partial charge on any atom is 0.198 e. The number of pyridine rings is 1. The summed E-state index contributed by atoms with van der Waals surface area (Å²) in [4.78, 5) is 4.36. The predicted molar refractivity (Wildman–Crippen MR) is 114 cm³/mol. The van der Waals surface area contributed by atoms with Crippen LogP contribution < -0.4 is 4.74 Å². The molecule has 29 heavy (non-hydrogen) atoms. The third-order valence-corrected chi connectivity index (χ3v) is 7.61. The number of fused-ring (bicyclic) bond motifs is 2. The van der Waals surface area contributed by atoms with Crippen molar-refractivity contribution < 1.29 is 24.1 Å². The van der Waals surface area contributed by atoms with E-state index in [0.29, 0.717) is 36.4 Å². The Kier molecular flexibility index (Phi) is 6.14. The zero-order chi connectivity index (χ0) is 20.8. The first-order chi connectivity index (χ1) is 13.7. The first-order valence-corrected chi connectivity index (χ1v) is 14.2. The van der Waals surface area contributed by atoms with E-state index in [2.05, 4.69) is 24.6 Å². The lowest BCUT2D eigenvalue weighted by atomic mass is 10.1. The molecule has 0 aliphatic carbocycles. The fourth-order valence-corrected chi connectivity index (χ4v) is 4.62. The first-order valence-electron chi connectivity index (χ1n) is 9.74. The fourth-order valence-electron chi connectivity index (χ4n) is 3.57. The van der Waals surface area contributed by atoms with Gasteiger partial charge in [0.05, 0.1) is 29.3 Å². The molecule has 2 fully saturated rings. The van der Waals surface area contributed by atoms with Crippen LogP contribution in [0, 0.1) is 0 Å². The average Bonchev–Trinajstić information content (AvgIpc) is 3.29. The lowest BCUT2D eigenvalue weighted by Crippen LogP contribution is -2.35. The molecule has 0 amide bonds. The Morgan fingerprint density at radius 1 is 1.21 bits per heavy atom. The van der Waals surface area contributed by atoms with Crippen LogP contribution in [0.4, 0.5) is 0 Å². The van der Waals surface area contributed by atoms with Crippen LogP contribution >= 0.6 is 23.2 Å². The summed E-state index contributed by atoms with van der Waals surface area (Å²) >= 11 is 12.3. The third-order valence-electron chi connectivity index (χ3n) is 5.23. The summed E-state index contributed by atoms with van der Waals surface area (Å²) in [6, 6.07) is 4.65. The van der Waals surface area contributed by atoms with Gasteiger partial charge in [-0.05, 0) is 12.1 Å². The monoisotopic (exact) mass is 460 g/mol. The SMILES string of the molecule is C[Si](C)(C)CCOCn1c(O[C@@H]2CO[C@H]3[C@@H]2OC[C@H]3O)cc2nc(Cl)c(Cl)cc21. The molecule has 4 heterocycles. The van der Waals surface area contributed by atoms with Gasteiger partial charge < -0.3 is 24.1 Å². The van der Waals surface area contributed by atoms with Crippen molar-refractivity contribution in [3.05, 3.63) is 22.3 Å². The molecule has 2 aromatic rings. The molecule has 7 nitrogen and oxygen atoms in total. The Labute approximate surface area is 180 Å². The zero-order valence-corrected chi connectivity index (χ0v) is 19.2. The maximum atomic E-state index is 9.96. The van der Waals surface area contributed by atoms with Crippen LogP contribution in [0.1, 0.15) is 0 Å². The lowest BCUT2D eigenvalue weighted by Gasteiger charge is -2.20. The number of hydrogen-bond donors (Lipinski definition) is 1. The smallest absolute Gasteiger partial charge is 0.198 e.